The van der Waals surface area contributed by atoms with E-state index in [1.54, 1.807) is 16.8 Å². The molecule has 7 nitrogen and oxygen atoms in total. The van der Waals surface area contributed by atoms with Gasteiger partial charge in [-0.1, -0.05) is 60.8 Å². The Hall–Kier alpha value is -2.83. The van der Waals surface area contributed by atoms with Gasteiger partial charge >= 0.3 is 0 Å². The fourth-order valence-corrected chi connectivity index (χ4v) is 4.82. The Kier molecular flexibility index (Phi) is 7.39. The number of carbonyl (C=O) groups is 2. The Morgan fingerprint density at radius 2 is 1.54 bits per heavy atom. The van der Waals surface area contributed by atoms with Gasteiger partial charge in [0.25, 0.3) is 5.91 Å². The molecule has 0 atom stereocenters. The predicted molar refractivity (Wildman–Crippen MR) is 139 cm³/mol. The number of nitrogens with one attached hydrogen (secondary N) is 2. The Morgan fingerprint density at radius 1 is 1.00 bits per heavy atom. The molecule has 7 heteroatoms. The van der Waals surface area contributed by atoms with Crippen molar-refractivity contribution in [3.05, 3.63) is 46.3 Å². The first-order chi connectivity index (χ1) is 16.1. The molecule has 2 aromatic rings. The number of amides is 2. The number of rotatable bonds is 5. The molecule has 1 aromatic carbocycles. The lowest BCUT2D eigenvalue weighted by atomic mass is 9.78. The molecule has 1 fully saturated rings. The number of hydrogen-bond acceptors (Lipinski definition) is 4. The molecule has 1 heterocycles. The SMILES string of the molecule is Cc1cc(CNC(=O)C2(NC(=O)c3cc(C(C)(C)C)c(O)c(C(C)(C)C)c3)CCCCC2)nn1C. The van der Waals surface area contributed by atoms with E-state index >= 15 is 0 Å². The van der Waals surface area contributed by atoms with Crippen molar-refractivity contribution in [1.29, 1.82) is 0 Å². The minimum Gasteiger partial charge on any atom is -0.507 e. The van der Waals surface area contributed by atoms with Gasteiger partial charge < -0.3 is 15.7 Å². The van der Waals surface area contributed by atoms with Crippen molar-refractivity contribution in [2.75, 3.05) is 0 Å². The Balaban J connectivity index is 1.91. The van der Waals surface area contributed by atoms with Crippen LogP contribution < -0.4 is 10.6 Å². The van der Waals surface area contributed by atoms with Gasteiger partial charge in [0.05, 0.1) is 12.2 Å². The number of benzene rings is 1. The Morgan fingerprint density at radius 3 is 2.00 bits per heavy atom. The highest BCUT2D eigenvalue weighted by molar-refractivity contribution is 6.00. The molecule has 3 N–H and O–H groups in total. The fourth-order valence-electron chi connectivity index (χ4n) is 4.82. The summed E-state index contributed by atoms with van der Waals surface area (Å²) in [6.45, 7) is 14.4. The molecular weight excluding hydrogens is 440 g/mol. The van der Waals surface area contributed by atoms with Gasteiger partial charge in [-0.05, 0) is 48.8 Å². The maximum Gasteiger partial charge on any atom is 0.252 e. The third-order valence-corrected chi connectivity index (χ3v) is 7.08. The molecule has 1 aliphatic carbocycles. The lowest BCUT2D eigenvalue weighted by Crippen LogP contribution is -2.59. The number of phenolic OH excluding ortho intramolecular Hbond substituents is 1. The van der Waals surface area contributed by atoms with Crippen molar-refractivity contribution in [3.8, 4) is 5.75 Å². The first-order valence-electron chi connectivity index (χ1n) is 12.6. The molecule has 0 unspecified atom stereocenters. The molecule has 192 valence electrons. The van der Waals surface area contributed by atoms with E-state index in [0.29, 0.717) is 24.9 Å². The summed E-state index contributed by atoms with van der Waals surface area (Å²) in [5, 5.41) is 21.6. The van der Waals surface area contributed by atoms with Crippen molar-refractivity contribution in [2.45, 2.75) is 103 Å². The van der Waals surface area contributed by atoms with Crippen LogP contribution in [-0.2, 0) is 29.2 Å². The van der Waals surface area contributed by atoms with Crippen LogP contribution in [0.3, 0.4) is 0 Å². The largest absolute Gasteiger partial charge is 0.507 e. The second-order valence-electron chi connectivity index (χ2n) is 12.1. The zero-order valence-electron chi connectivity index (χ0n) is 22.6. The number of aryl methyl sites for hydroxylation is 2. The van der Waals surface area contributed by atoms with Crippen molar-refractivity contribution in [2.24, 2.45) is 7.05 Å². The topological polar surface area (TPSA) is 96.2 Å². The number of nitrogens with zero attached hydrogens (tertiary/aromatic N) is 2. The summed E-state index contributed by atoms with van der Waals surface area (Å²) >= 11 is 0. The molecule has 1 saturated carbocycles. The van der Waals surface area contributed by atoms with Gasteiger partial charge in [-0.25, -0.2) is 0 Å². The van der Waals surface area contributed by atoms with Crippen molar-refractivity contribution < 1.29 is 14.7 Å². The van der Waals surface area contributed by atoms with Crippen LogP contribution in [0, 0.1) is 6.92 Å². The Bertz CT molecular complexity index is 1040. The minimum absolute atomic E-state index is 0.167. The number of carbonyl (C=O) groups excluding carboxylic acids is 2. The van der Waals surface area contributed by atoms with Crippen molar-refractivity contribution in [3.63, 3.8) is 0 Å². The van der Waals surface area contributed by atoms with E-state index in [2.05, 4.69) is 15.7 Å². The van der Waals surface area contributed by atoms with E-state index < -0.39 is 5.54 Å². The Labute approximate surface area is 209 Å². The summed E-state index contributed by atoms with van der Waals surface area (Å²) in [6, 6.07) is 5.49. The third kappa shape index (κ3) is 5.88. The molecular formula is C28H42N4O3. The van der Waals surface area contributed by atoms with Crippen molar-refractivity contribution >= 4 is 11.8 Å². The first-order valence-corrected chi connectivity index (χ1v) is 12.6. The summed E-state index contributed by atoms with van der Waals surface area (Å²) < 4.78 is 1.78. The van der Waals surface area contributed by atoms with Crippen LogP contribution in [0.5, 0.6) is 5.75 Å². The van der Waals surface area contributed by atoms with E-state index in [0.717, 1.165) is 41.8 Å². The number of hydrogen-bond donors (Lipinski definition) is 3. The molecule has 35 heavy (non-hydrogen) atoms. The van der Waals surface area contributed by atoms with E-state index in [4.69, 9.17) is 0 Å². The van der Waals surface area contributed by atoms with E-state index in [9.17, 15) is 14.7 Å². The number of aromatic nitrogens is 2. The maximum atomic E-state index is 13.6. The van der Waals surface area contributed by atoms with E-state index in [1.807, 2.05) is 61.6 Å². The highest BCUT2D eigenvalue weighted by Crippen LogP contribution is 2.40. The smallest absolute Gasteiger partial charge is 0.252 e. The van der Waals surface area contributed by atoms with Gasteiger partial charge in [-0.3, -0.25) is 14.3 Å². The number of aromatic hydroxyl groups is 1. The van der Waals surface area contributed by atoms with E-state index in [-0.39, 0.29) is 28.4 Å². The zero-order valence-corrected chi connectivity index (χ0v) is 22.6. The molecule has 0 aliphatic heterocycles. The van der Waals surface area contributed by atoms with Crippen LogP contribution in [0.2, 0.25) is 0 Å². The van der Waals surface area contributed by atoms with Crippen LogP contribution in [0.25, 0.3) is 0 Å². The monoisotopic (exact) mass is 482 g/mol. The second-order valence-corrected chi connectivity index (χ2v) is 12.1. The van der Waals surface area contributed by atoms with Crippen LogP contribution in [0.4, 0.5) is 0 Å². The molecule has 0 bridgehead atoms. The average molecular weight is 483 g/mol. The molecule has 2 amide bonds. The van der Waals surface area contributed by atoms with Gasteiger partial charge in [0.2, 0.25) is 5.91 Å². The van der Waals surface area contributed by atoms with Crippen LogP contribution in [0.15, 0.2) is 18.2 Å². The standard InChI is InChI=1S/C28H42N4O3/c1-18-14-20(31-32(18)8)17-29-25(35)28(12-10-9-11-13-28)30-24(34)19-15-21(26(2,3)4)23(33)22(16-19)27(5,6)7/h14-16,33H,9-13,17H2,1-8H3,(H,29,35)(H,30,34). The molecule has 0 spiro atoms. The van der Waals surface area contributed by atoms with E-state index in [1.165, 1.54) is 0 Å². The van der Waals surface area contributed by atoms with Crippen LogP contribution in [-0.4, -0.2) is 32.2 Å². The maximum absolute atomic E-state index is 13.6. The van der Waals surface area contributed by atoms with Crippen LogP contribution in [0.1, 0.15) is 107 Å². The fraction of sp³-hybridized carbons (Fsp3) is 0.607. The molecule has 3 rings (SSSR count). The summed E-state index contributed by atoms with van der Waals surface area (Å²) in [5.41, 5.74) is 2.08. The summed E-state index contributed by atoms with van der Waals surface area (Å²) in [7, 11) is 1.87. The lowest BCUT2D eigenvalue weighted by molar-refractivity contribution is -0.128. The highest BCUT2D eigenvalue weighted by atomic mass is 16.3. The highest BCUT2D eigenvalue weighted by Gasteiger charge is 2.41. The third-order valence-electron chi connectivity index (χ3n) is 7.08. The first kappa shape index (κ1) is 26.8. The summed E-state index contributed by atoms with van der Waals surface area (Å²) in [4.78, 5) is 27.1. The van der Waals surface area contributed by atoms with Crippen LogP contribution >= 0.6 is 0 Å². The second kappa shape index (κ2) is 9.67. The predicted octanol–water partition coefficient (Wildman–Crippen LogP) is 4.78. The summed E-state index contributed by atoms with van der Waals surface area (Å²) in [6.07, 6.45) is 4.01. The average Bonchev–Trinajstić information content (AvgIpc) is 3.08. The van der Waals surface area contributed by atoms with Gasteiger partial charge in [0.15, 0.2) is 0 Å². The minimum atomic E-state index is -0.958. The van der Waals surface area contributed by atoms with Gasteiger partial charge in [-0.15, -0.1) is 0 Å². The molecule has 0 saturated heterocycles. The zero-order chi connectivity index (χ0) is 26.2. The lowest BCUT2D eigenvalue weighted by Gasteiger charge is -2.37. The van der Waals surface area contributed by atoms with Gasteiger partial charge in [0.1, 0.15) is 11.3 Å². The molecule has 1 aliphatic rings. The molecule has 1 aromatic heterocycles. The van der Waals surface area contributed by atoms with Gasteiger partial charge in [0, 0.05) is 29.4 Å². The quantitative estimate of drug-likeness (QED) is 0.571. The number of phenols is 1. The normalized spacial score (nSPS) is 16.1. The van der Waals surface area contributed by atoms with Crippen molar-refractivity contribution in [1.82, 2.24) is 20.4 Å². The van der Waals surface area contributed by atoms with Gasteiger partial charge in [-0.2, -0.15) is 5.10 Å². The molecule has 0 radical (unpaired) electrons. The summed E-state index contributed by atoms with van der Waals surface area (Å²) in [5.74, 6) is -0.219.